The van der Waals surface area contributed by atoms with Gasteiger partial charge in [-0.2, -0.15) is 0 Å². The van der Waals surface area contributed by atoms with Gasteiger partial charge < -0.3 is 15.1 Å². The number of carboxylic acids is 1. The lowest BCUT2D eigenvalue weighted by Gasteiger charge is -2.28. The predicted molar refractivity (Wildman–Crippen MR) is 68.5 cm³/mol. The van der Waals surface area contributed by atoms with Crippen LogP contribution in [0.1, 0.15) is 24.2 Å². The molecule has 94 valence electrons. The third-order valence-electron chi connectivity index (χ3n) is 2.30. The monoisotopic (exact) mass is 302 g/mol. The molecule has 0 saturated carbocycles. The van der Waals surface area contributed by atoms with Crippen molar-refractivity contribution in [2.75, 3.05) is 18.1 Å². The summed E-state index contributed by atoms with van der Waals surface area (Å²) in [5.74, 6) is -0.651. The first-order valence-corrected chi connectivity index (χ1v) is 6.03. The molecule has 2 N–H and O–H groups in total. The zero-order valence-corrected chi connectivity index (χ0v) is 11.3. The number of hydrogen-bond acceptors (Lipinski definition) is 4. The topological polar surface area (TPSA) is 73.7 Å². The van der Waals surface area contributed by atoms with Crippen molar-refractivity contribution in [3.05, 3.63) is 22.3 Å². The number of rotatable bonds is 5. The molecule has 0 bridgehead atoms. The Morgan fingerprint density at radius 1 is 1.59 bits per heavy atom. The van der Waals surface area contributed by atoms with E-state index in [9.17, 15) is 4.79 Å². The van der Waals surface area contributed by atoms with Crippen LogP contribution in [0.25, 0.3) is 0 Å². The normalized spacial score (nSPS) is 10.6. The Morgan fingerprint density at radius 3 is 2.71 bits per heavy atom. The van der Waals surface area contributed by atoms with Crippen LogP contribution in [0.3, 0.4) is 0 Å². The van der Waals surface area contributed by atoms with E-state index >= 15 is 0 Å². The minimum Gasteiger partial charge on any atom is -0.478 e. The van der Waals surface area contributed by atoms with E-state index in [2.05, 4.69) is 20.9 Å². The second kappa shape index (κ2) is 5.97. The molecule has 1 rings (SSSR count). The highest BCUT2D eigenvalue weighted by Crippen LogP contribution is 2.23. The van der Waals surface area contributed by atoms with Gasteiger partial charge in [-0.05, 0) is 35.8 Å². The van der Waals surface area contributed by atoms with Crippen LogP contribution in [-0.4, -0.2) is 40.4 Å². The number of hydrogen-bond donors (Lipinski definition) is 2. The molecule has 6 heteroatoms. The number of carboxylic acid groups (broad SMARTS) is 1. The van der Waals surface area contributed by atoms with E-state index in [0.717, 1.165) is 0 Å². The van der Waals surface area contributed by atoms with Crippen molar-refractivity contribution in [1.29, 1.82) is 0 Å². The van der Waals surface area contributed by atoms with E-state index in [-0.39, 0.29) is 18.2 Å². The maximum atomic E-state index is 11.2. The molecule has 0 aromatic carbocycles. The number of aliphatic hydroxyl groups excluding tert-OH is 1. The number of pyridine rings is 1. The molecule has 0 amide bonds. The van der Waals surface area contributed by atoms with Gasteiger partial charge in [0.15, 0.2) is 0 Å². The van der Waals surface area contributed by atoms with Gasteiger partial charge in [0.1, 0.15) is 11.4 Å². The van der Waals surface area contributed by atoms with Gasteiger partial charge in [-0.15, -0.1) is 0 Å². The third kappa shape index (κ3) is 3.41. The van der Waals surface area contributed by atoms with E-state index in [1.54, 1.807) is 11.1 Å². The van der Waals surface area contributed by atoms with Gasteiger partial charge in [0.05, 0.1) is 6.61 Å². The summed E-state index contributed by atoms with van der Waals surface area (Å²) in [7, 11) is 0. The smallest absolute Gasteiger partial charge is 0.339 e. The summed E-state index contributed by atoms with van der Waals surface area (Å²) in [6.07, 6.45) is 1.55. The summed E-state index contributed by atoms with van der Waals surface area (Å²) in [6, 6.07) is 1.58. The zero-order valence-electron chi connectivity index (χ0n) is 9.72. The van der Waals surface area contributed by atoms with Crippen molar-refractivity contribution >= 4 is 27.7 Å². The van der Waals surface area contributed by atoms with Crippen molar-refractivity contribution in [2.24, 2.45) is 0 Å². The number of aromatic nitrogens is 1. The Balaban J connectivity index is 3.22. The second-order valence-corrected chi connectivity index (χ2v) is 4.76. The maximum absolute atomic E-state index is 11.2. The largest absolute Gasteiger partial charge is 0.478 e. The first-order chi connectivity index (χ1) is 7.97. The van der Waals surface area contributed by atoms with E-state index < -0.39 is 5.97 Å². The Bertz CT molecular complexity index is 410. The molecule has 1 aromatic rings. The first-order valence-electron chi connectivity index (χ1n) is 5.23. The van der Waals surface area contributed by atoms with Crippen LogP contribution in [0.5, 0.6) is 0 Å². The van der Waals surface area contributed by atoms with Gasteiger partial charge in [-0.1, -0.05) is 0 Å². The Labute approximate surface area is 108 Å². The van der Waals surface area contributed by atoms with E-state index in [1.807, 2.05) is 13.8 Å². The van der Waals surface area contributed by atoms with Gasteiger partial charge in [0.25, 0.3) is 0 Å². The molecule has 0 aliphatic rings. The average Bonchev–Trinajstić information content (AvgIpc) is 2.26. The van der Waals surface area contributed by atoms with Crippen LogP contribution in [0.4, 0.5) is 5.82 Å². The fourth-order valence-corrected chi connectivity index (χ4v) is 1.87. The van der Waals surface area contributed by atoms with E-state index in [1.165, 1.54) is 6.07 Å². The molecule has 17 heavy (non-hydrogen) atoms. The van der Waals surface area contributed by atoms with Crippen LogP contribution in [0.2, 0.25) is 0 Å². The number of aliphatic hydroxyl groups is 1. The van der Waals surface area contributed by atoms with Crippen LogP contribution in [0, 0.1) is 0 Å². The van der Waals surface area contributed by atoms with Crippen LogP contribution < -0.4 is 4.90 Å². The van der Waals surface area contributed by atoms with Crippen LogP contribution in [-0.2, 0) is 0 Å². The predicted octanol–water partition coefficient (Wildman–Crippen LogP) is 1.75. The molecule has 0 spiro atoms. The SMILES string of the molecule is CC(C)N(CCO)c1ncc(Br)cc1C(=O)O. The molecule has 0 saturated heterocycles. The Morgan fingerprint density at radius 2 is 2.24 bits per heavy atom. The van der Waals surface area contributed by atoms with Gasteiger partial charge in [0.2, 0.25) is 0 Å². The lowest BCUT2D eigenvalue weighted by atomic mass is 10.2. The Hall–Kier alpha value is -1.14. The van der Waals surface area contributed by atoms with Crippen molar-refractivity contribution in [3.63, 3.8) is 0 Å². The van der Waals surface area contributed by atoms with Crippen molar-refractivity contribution in [2.45, 2.75) is 19.9 Å². The van der Waals surface area contributed by atoms with Gasteiger partial charge >= 0.3 is 5.97 Å². The highest BCUT2D eigenvalue weighted by atomic mass is 79.9. The average molecular weight is 303 g/mol. The minimum absolute atomic E-state index is 0.0466. The fourth-order valence-electron chi connectivity index (χ4n) is 1.53. The standard InChI is InChI=1S/C11H15BrN2O3/c1-7(2)14(3-4-15)10-9(11(16)17)5-8(12)6-13-10/h5-7,15H,3-4H2,1-2H3,(H,16,17). The van der Waals surface area contributed by atoms with Crippen molar-refractivity contribution in [1.82, 2.24) is 4.98 Å². The van der Waals surface area contributed by atoms with Crippen molar-refractivity contribution in [3.8, 4) is 0 Å². The second-order valence-electron chi connectivity index (χ2n) is 3.84. The molecule has 0 aliphatic heterocycles. The molecule has 1 heterocycles. The molecule has 1 aromatic heterocycles. The summed E-state index contributed by atoms with van der Waals surface area (Å²) in [5, 5.41) is 18.1. The lowest BCUT2D eigenvalue weighted by molar-refractivity contribution is 0.0697. The summed E-state index contributed by atoms with van der Waals surface area (Å²) in [5.41, 5.74) is 0.126. The van der Waals surface area contributed by atoms with E-state index in [0.29, 0.717) is 16.8 Å². The minimum atomic E-state index is -1.03. The van der Waals surface area contributed by atoms with Gasteiger partial charge in [-0.3, -0.25) is 0 Å². The van der Waals surface area contributed by atoms with Gasteiger partial charge in [0, 0.05) is 23.3 Å². The summed E-state index contributed by atoms with van der Waals surface area (Å²) >= 11 is 3.20. The Kier molecular flexibility index (Phi) is 4.89. The molecule has 0 aliphatic carbocycles. The molecule has 0 unspecified atom stereocenters. The first kappa shape index (κ1) is 13.9. The quantitative estimate of drug-likeness (QED) is 0.867. The molecule has 0 fully saturated rings. The van der Waals surface area contributed by atoms with E-state index in [4.69, 9.17) is 10.2 Å². The third-order valence-corrected chi connectivity index (χ3v) is 2.73. The number of aromatic carboxylic acids is 1. The summed E-state index contributed by atoms with van der Waals surface area (Å²) in [4.78, 5) is 17.0. The molecule has 5 nitrogen and oxygen atoms in total. The lowest BCUT2D eigenvalue weighted by Crippen LogP contribution is -2.35. The van der Waals surface area contributed by atoms with Crippen molar-refractivity contribution < 1.29 is 15.0 Å². The summed E-state index contributed by atoms with van der Waals surface area (Å²) < 4.78 is 0.617. The molecular formula is C11H15BrN2O3. The number of halogens is 1. The maximum Gasteiger partial charge on any atom is 0.339 e. The number of carbonyl (C=O) groups is 1. The van der Waals surface area contributed by atoms with Gasteiger partial charge in [-0.25, -0.2) is 9.78 Å². The fraction of sp³-hybridized carbons (Fsp3) is 0.455. The number of nitrogens with zero attached hydrogens (tertiary/aromatic N) is 2. The highest BCUT2D eigenvalue weighted by Gasteiger charge is 2.19. The van der Waals surface area contributed by atoms with Crippen LogP contribution in [0.15, 0.2) is 16.7 Å². The highest BCUT2D eigenvalue weighted by molar-refractivity contribution is 9.10. The number of anilines is 1. The molecule has 0 atom stereocenters. The zero-order chi connectivity index (χ0) is 13.0. The molecule has 0 radical (unpaired) electrons. The van der Waals surface area contributed by atoms with Crippen LogP contribution >= 0.6 is 15.9 Å². The summed E-state index contributed by atoms with van der Waals surface area (Å²) in [6.45, 7) is 4.15. The molecular weight excluding hydrogens is 288 g/mol.